The average molecular weight is 980 g/mol. The number of fused-ring (bicyclic) bond motifs is 2. The molecule has 3 aliphatic rings. The highest BCUT2D eigenvalue weighted by Crippen LogP contribution is 2.31. The number of aromatic nitrogens is 10. The third-order valence-electron chi connectivity index (χ3n) is 12.7. The molecule has 0 saturated carbocycles. The van der Waals surface area contributed by atoms with E-state index in [4.69, 9.17) is 33.3 Å². The van der Waals surface area contributed by atoms with Gasteiger partial charge in [-0.1, -0.05) is 12.1 Å². The molecule has 372 valence electrons. The molecule has 0 aliphatic carbocycles. The Balaban J connectivity index is 0.720. The molecule has 8 aromatic rings. The number of aliphatic hydroxyl groups is 1. The van der Waals surface area contributed by atoms with Crippen LogP contribution in [0.5, 0.6) is 0 Å². The lowest BCUT2D eigenvalue weighted by atomic mass is 10.1. The second-order valence-corrected chi connectivity index (χ2v) is 17.8. The first-order valence-corrected chi connectivity index (χ1v) is 23.9. The second-order valence-electron chi connectivity index (χ2n) is 17.8. The molecule has 24 heteroatoms. The predicted molar refractivity (Wildman–Crippen MR) is 266 cm³/mol. The van der Waals surface area contributed by atoms with Crippen LogP contribution in [0.2, 0.25) is 0 Å². The standard InChI is InChI=1S/C48H53N17O7/c1-60-14-16-63(17-15-60)44-34(24-38-42(57-44)59-48(72-38)64-18-21-69-22-19-64)46(68)55-40-8-4-6-36(53-40)31-26-51-65(28-31)29-70-20-11-49-47-58-41-37(71-47)23-33(43(56-41)62-12-9-32(66)10-13-62)45(67)54-39-7-3-5-35(52-39)30-25-50-61(2)27-30/h3-8,23-28,32,66H,9-22,29H2,1-2H3,(H,49,56,58)(H,52,54,67)(H,53,55,68). The van der Waals surface area contributed by atoms with E-state index in [2.05, 4.69) is 57.9 Å². The van der Waals surface area contributed by atoms with Crippen molar-refractivity contribution in [3.8, 4) is 22.5 Å². The highest BCUT2D eigenvalue weighted by atomic mass is 16.5. The van der Waals surface area contributed by atoms with Crippen LogP contribution in [0, 0.1) is 0 Å². The molecule has 3 aliphatic heterocycles. The number of nitrogens with zero attached hydrogens (tertiary/aromatic N) is 14. The van der Waals surface area contributed by atoms with Gasteiger partial charge in [-0.15, -0.1) is 0 Å². The molecule has 11 rings (SSSR count). The van der Waals surface area contributed by atoms with E-state index < -0.39 is 12.0 Å². The highest BCUT2D eigenvalue weighted by molar-refractivity contribution is 6.09. The number of hydrogen-bond acceptors (Lipinski definition) is 20. The number of piperazine rings is 1. The summed E-state index contributed by atoms with van der Waals surface area (Å²) in [6.07, 6.45) is 7.74. The van der Waals surface area contributed by atoms with E-state index in [1.165, 1.54) is 0 Å². The summed E-state index contributed by atoms with van der Waals surface area (Å²) in [6.45, 7) is 7.38. The molecule has 0 spiro atoms. The van der Waals surface area contributed by atoms with Gasteiger partial charge in [-0.25, -0.2) is 24.6 Å². The van der Waals surface area contributed by atoms with Crippen molar-refractivity contribution in [2.75, 3.05) is 116 Å². The number of ether oxygens (including phenoxy) is 2. The van der Waals surface area contributed by atoms with Crippen molar-refractivity contribution in [3.63, 3.8) is 0 Å². The molecule has 2 amide bonds. The number of aliphatic hydroxyl groups excluding tert-OH is 1. The van der Waals surface area contributed by atoms with E-state index in [9.17, 15) is 14.7 Å². The molecule has 3 fully saturated rings. The van der Waals surface area contributed by atoms with Crippen molar-refractivity contribution in [3.05, 3.63) is 84.4 Å². The van der Waals surface area contributed by atoms with Gasteiger partial charge in [0.2, 0.25) is 11.3 Å². The normalized spacial score (nSPS) is 16.0. The number of hydrogen-bond donors (Lipinski definition) is 4. The SMILES string of the molecule is CN1CCN(c2nc3nc(N4CCOCC4)oc3cc2C(=O)Nc2cccc(-c3cnn(COCCNc4nc5nc(N6CCC(O)CC6)c(C(=O)Nc6cccc(-c7cnn(C)c7)n6)cc5o4)c3)n2)CC1. The molecule has 4 N–H and O–H groups in total. The minimum absolute atomic E-state index is 0.152. The van der Waals surface area contributed by atoms with Gasteiger partial charge in [-0.3, -0.25) is 14.3 Å². The Morgan fingerprint density at radius 1 is 0.694 bits per heavy atom. The molecule has 0 aromatic carbocycles. The van der Waals surface area contributed by atoms with E-state index in [0.29, 0.717) is 141 Å². The minimum atomic E-state index is -0.415. The number of rotatable bonds is 15. The summed E-state index contributed by atoms with van der Waals surface area (Å²) in [5, 5.41) is 28.0. The molecule has 3 saturated heterocycles. The lowest BCUT2D eigenvalue weighted by molar-refractivity contribution is 0.0763. The zero-order valence-electron chi connectivity index (χ0n) is 39.8. The number of nitrogens with one attached hydrogen (secondary N) is 3. The van der Waals surface area contributed by atoms with Gasteiger partial charge in [0, 0.05) is 102 Å². The smallest absolute Gasteiger partial charge is 0.300 e. The fourth-order valence-corrected chi connectivity index (χ4v) is 8.78. The van der Waals surface area contributed by atoms with E-state index >= 15 is 0 Å². The molecule has 24 nitrogen and oxygen atoms in total. The molecule has 0 bridgehead atoms. The van der Waals surface area contributed by atoms with Crippen LogP contribution in [-0.2, 0) is 23.3 Å². The molecular weight excluding hydrogens is 927 g/mol. The Morgan fingerprint density at radius 2 is 1.31 bits per heavy atom. The summed E-state index contributed by atoms with van der Waals surface area (Å²) in [5.74, 6) is 0.935. The van der Waals surface area contributed by atoms with E-state index in [1.807, 2.05) is 53.5 Å². The summed E-state index contributed by atoms with van der Waals surface area (Å²) < 4.78 is 26.9. The third-order valence-corrected chi connectivity index (χ3v) is 12.7. The number of piperidine rings is 1. The van der Waals surface area contributed by atoms with Gasteiger partial charge < -0.3 is 59.0 Å². The Hall–Kier alpha value is -8.06. The van der Waals surface area contributed by atoms with Gasteiger partial charge in [0.1, 0.15) is 30.0 Å². The van der Waals surface area contributed by atoms with Gasteiger partial charge in [-0.05, 0) is 44.2 Å². The lowest BCUT2D eigenvalue weighted by Crippen LogP contribution is -2.45. The topological polar surface area (TPSA) is 261 Å². The minimum Gasteiger partial charge on any atom is -0.422 e. The first-order valence-electron chi connectivity index (χ1n) is 23.9. The maximum Gasteiger partial charge on any atom is 0.300 e. The number of pyridine rings is 4. The number of carbonyl (C=O) groups excluding carboxylic acids is 2. The molecule has 0 radical (unpaired) electrons. The van der Waals surface area contributed by atoms with Gasteiger partial charge in [0.05, 0.1) is 60.8 Å². The summed E-state index contributed by atoms with van der Waals surface area (Å²) in [4.78, 5) is 64.7. The van der Waals surface area contributed by atoms with Crippen molar-refractivity contribution < 1.29 is 33.0 Å². The number of morpholine rings is 1. The van der Waals surface area contributed by atoms with Crippen LogP contribution >= 0.6 is 0 Å². The monoisotopic (exact) mass is 979 g/mol. The zero-order chi connectivity index (χ0) is 49.1. The molecular formula is C48H53N17O7. The fraction of sp³-hybridized carbons (Fsp3) is 0.375. The average Bonchev–Trinajstić information content (AvgIpc) is 4.23. The molecule has 72 heavy (non-hydrogen) atoms. The molecule has 8 aromatic heterocycles. The molecule has 11 heterocycles. The maximum atomic E-state index is 14.1. The molecule has 0 atom stereocenters. The van der Waals surface area contributed by atoms with Crippen molar-refractivity contribution in [1.29, 1.82) is 0 Å². The zero-order valence-corrected chi connectivity index (χ0v) is 39.8. The van der Waals surface area contributed by atoms with Gasteiger partial charge >= 0.3 is 0 Å². The first kappa shape index (κ1) is 46.3. The lowest BCUT2D eigenvalue weighted by Gasteiger charge is -2.33. The first-order chi connectivity index (χ1) is 35.1. The van der Waals surface area contributed by atoms with Gasteiger partial charge in [0.15, 0.2) is 11.2 Å². The summed E-state index contributed by atoms with van der Waals surface area (Å²) in [5.41, 5.74) is 5.00. The van der Waals surface area contributed by atoms with Crippen molar-refractivity contribution in [1.82, 2.24) is 54.4 Å². The number of oxazole rings is 2. The van der Waals surface area contributed by atoms with Crippen molar-refractivity contribution in [2.24, 2.45) is 7.05 Å². The highest BCUT2D eigenvalue weighted by Gasteiger charge is 2.28. The van der Waals surface area contributed by atoms with Crippen molar-refractivity contribution in [2.45, 2.75) is 25.7 Å². The Morgan fingerprint density at radius 3 is 1.96 bits per heavy atom. The van der Waals surface area contributed by atoms with Gasteiger partial charge in [0.25, 0.3) is 23.8 Å². The maximum absolute atomic E-state index is 14.1. The van der Waals surface area contributed by atoms with Crippen molar-refractivity contribution >= 4 is 69.6 Å². The number of carbonyl (C=O) groups is 2. The summed E-state index contributed by atoms with van der Waals surface area (Å²) in [7, 11) is 3.91. The van der Waals surface area contributed by atoms with E-state index in [-0.39, 0.29) is 30.8 Å². The van der Waals surface area contributed by atoms with E-state index in [1.54, 1.807) is 46.0 Å². The summed E-state index contributed by atoms with van der Waals surface area (Å²) >= 11 is 0. The van der Waals surface area contributed by atoms with Crippen LogP contribution in [0.15, 0.2) is 82.2 Å². The van der Waals surface area contributed by atoms with Gasteiger partial charge in [-0.2, -0.15) is 20.2 Å². The fourth-order valence-electron chi connectivity index (χ4n) is 8.78. The van der Waals surface area contributed by atoms with Crippen LogP contribution in [0.3, 0.4) is 0 Å². The van der Waals surface area contributed by atoms with Crippen LogP contribution in [-0.4, -0.2) is 163 Å². The Kier molecular flexibility index (Phi) is 13.1. The summed E-state index contributed by atoms with van der Waals surface area (Å²) in [6, 6.07) is 14.8. The van der Waals surface area contributed by atoms with Crippen LogP contribution in [0.1, 0.15) is 33.6 Å². The number of likely N-dealkylation sites (N-methyl/N-ethyl adjacent to an activating group) is 1. The van der Waals surface area contributed by atoms with Crippen LogP contribution in [0.25, 0.3) is 45.0 Å². The number of amides is 2. The Labute approximate surface area is 412 Å². The van der Waals surface area contributed by atoms with Crippen LogP contribution in [0.4, 0.5) is 35.3 Å². The largest absolute Gasteiger partial charge is 0.422 e. The predicted octanol–water partition coefficient (Wildman–Crippen LogP) is 3.95. The van der Waals surface area contributed by atoms with E-state index in [0.717, 1.165) is 24.2 Å². The quantitative estimate of drug-likeness (QED) is 0.106. The number of anilines is 6. The third kappa shape index (κ3) is 10.2. The molecule has 0 unspecified atom stereocenters. The number of aryl methyl sites for hydroxylation is 1. The Bertz CT molecular complexity index is 3220. The van der Waals surface area contributed by atoms with Crippen LogP contribution < -0.4 is 30.7 Å². The second kappa shape index (κ2) is 20.3.